The lowest BCUT2D eigenvalue weighted by Gasteiger charge is -2.20. The molecule has 0 bridgehead atoms. The second-order valence-electron chi connectivity index (χ2n) is 3.24. The first-order chi connectivity index (χ1) is 6.36. The van der Waals surface area contributed by atoms with E-state index in [0.717, 1.165) is 36.7 Å². The molecule has 0 aromatic carbocycles. The van der Waals surface area contributed by atoms with E-state index in [2.05, 4.69) is 6.08 Å². The van der Waals surface area contributed by atoms with Gasteiger partial charge in [-0.1, -0.05) is 0 Å². The Bertz CT molecular complexity index is 265. The van der Waals surface area contributed by atoms with Crippen molar-refractivity contribution in [2.24, 2.45) is 5.92 Å². The van der Waals surface area contributed by atoms with E-state index < -0.39 is 0 Å². The van der Waals surface area contributed by atoms with Crippen LogP contribution in [0.4, 0.5) is 0 Å². The third-order valence-corrected chi connectivity index (χ3v) is 2.55. The van der Waals surface area contributed by atoms with E-state index in [4.69, 9.17) is 14.2 Å². The first kappa shape index (κ1) is 8.48. The van der Waals surface area contributed by atoms with E-state index >= 15 is 0 Å². The summed E-state index contributed by atoms with van der Waals surface area (Å²) in [6.07, 6.45) is 4.17. The predicted molar refractivity (Wildman–Crippen MR) is 47.8 cm³/mol. The number of rotatable bonds is 2. The van der Waals surface area contributed by atoms with E-state index in [1.807, 2.05) is 0 Å². The van der Waals surface area contributed by atoms with Gasteiger partial charge in [-0.25, -0.2) is 0 Å². The molecule has 2 rings (SSSR count). The minimum absolute atomic E-state index is 0.508. The highest BCUT2D eigenvalue weighted by Gasteiger charge is 2.31. The standard InChI is InChI=1S/C10H14O3/c1-11-8-4-3-7-5-6-13-9(7)10(8)12-2/h4,7H,3,5-6H2,1-2H3. The fraction of sp³-hybridized carbons (Fsp3) is 0.600. The van der Waals surface area contributed by atoms with Gasteiger partial charge in [0.25, 0.3) is 0 Å². The zero-order chi connectivity index (χ0) is 9.26. The van der Waals surface area contributed by atoms with Crippen molar-refractivity contribution in [3.63, 3.8) is 0 Å². The number of ether oxygens (including phenoxy) is 3. The van der Waals surface area contributed by atoms with Gasteiger partial charge in [0, 0.05) is 5.92 Å². The Kier molecular flexibility index (Phi) is 2.17. The maximum absolute atomic E-state index is 5.53. The molecule has 0 N–H and O–H groups in total. The molecule has 1 unspecified atom stereocenters. The molecule has 0 spiro atoms. The molecule has 3 nitrogen and oxygen atoms in total. The van der Waals surface area contributed by atoms with Crippen molar-refractivity contribution < 1.29 is 14.2 Å². The Morgan fingerprint density at radius 1 is 1.38 bits per heavy atom. The summed E-state index contributed by atoms with van der Waals surface area (Å²) in [5.74, 6) is 3.06. The van der Waals surface area contributed by atoms with Crippen LogP contribution in [0.15, 0.2) is 23.4 Å². The fourth-order valence-corrected chi connectivity index (χ4v) is 1.88. The molecule has 72 valence electrons. The lowest BCUT2D eigenvalue weighted by atomic mass is 9.96. The van der Waals surface area contributed by atoms with Gasteiger partial charge < -0.3 is 14.2 Å². The van der Waals surface area contributed by atoms with E-state index in [0.29, 0.717) is 5.92 Å². The molecule has 0 amide bonds. The monoisotopic (exact) mass is 182 g/mol. The fourth-order valence-electron chi connectivity index (χ4n) is 1.88. The van der Waals surface area contributed by atoms with Crippen LogP contribution in [0.1, 0.15) is 12.8 Å². The Morgan fingerprint density at radius 3 is 2.92 bits per heavy atom. The second kappa shape index (κ2) is 3.32. The van der Waals surface area contributed by atoms with Crippen LogP contribution in [0.3, 0.4) is 0 Å². The van der Waals surface area contributed by atoms with Crippen LogP contribution in [-0.4, -0.2) is 20.8 Å². The summed E-state index contributed by atoms with van der Waals surface area (Å²) >= 11 is 0. The van der Waals surface area contributed by atoms with Crippen LogP contribution < -0.4 is 0 Å². The molecule has 1 aliphatic heterocycles. The van der Waals surface area contributed by atoms with Crippen LogP contribution in [0.5, 0.6) is 0 Å². The van der Waals surface area contributed by atoms with Crippen LogP contribution in [0.25, 0.3) is 0 Å². The second-order valence-corrected chi connectivity index (χ2v) is 3.24. The van der Waals surface area contributed by atoms with Gasteiger partial charge in [0.2, 0.25) is 0 Å². The van der Waals surface area contributed by atoms with Crippen molar-refractivity contribution in [3.8, 4) is 0 Å². The summed E-state index contributed by atoms with van der Waals surface area (Å²) in [7, 11) is 3.31. The van der Waals surface area contributed by atoms with Crippen molar-refractivity contribution in [1.29, 1.82) is 0 Å². The average Bonchev–Trinajstić information content (AvgIpc) is 2.63. The molecule has 1 fully saturated rings. The normalized spacial score (nSPS) is 26.3. The van der Waals surface area contributed by atoms with Crippen LogP contribution >= 0.6 is 0 Å². The quantitative estimate of drug-likeness (QED) is 0.652. The molecular formula is C10H14O3. The highest BCUT2D eigenvalue weighted by Crippen LogP contribution is 2.37. The number of hydrogen-bond donors (Lipinski definition) is 0. The van der Waals surface area contributed by atoms with E-state index in [1.165, 1.54) is 0 Å². The number of hydrogen-bond acceptors (Lipinski definition) is 3. The SMILES string of the molecule is COC1=CCC2CCOC2=C1OC. The predicted octanol–water partition coefficient (Wildman–Crippen LogP) is 1.81. The number of fused-ring (bicyclic) bond motifs is 1. The Labute approximate surface area is 78.0 Å². The summed E-state index contributed by atoms with van der Waals surface area (Å²) in [4.78, 5) is 0. The Morgan fingerprint density at radius 2 is 2.23 bits per heavy atom. The summed E-state index contributed by atoms with van der Waals surface area (Å²) in [6, 6.07) is 0. The first-order valence-corrected chi connectivity index (χ1v) is 4.52. The highest BCUT2D eigenvalue weighted by molar-refractivity contribution is 5.30. The largest absolute Gasteiger partial charge is 0.494 e. The minimum atomic E-state index is 0.508. The topological polar surface area (TPSA) is 27.7 Å². The van der Waals surface area contributed by atoms with Crippen molar-refractivity contribution in [3.05, 3.63) is 23.4 Å². The van der Waals surface area contributed by atoms with Crippen molar-refractivity contribution >= 4 is 0 Å². The van der Waals surface area contributed by atoms with E-state index in [9.17, 15) is 0 Å². The molecule has 13 heavy (non-hydrogen) atoms. The summed E-state index contributed by atoms with van der Waals surface area (Å²) in [5.41, 5.74) is 0. The molecule has 3 heteroatoms. The van der Waals surface area contributed by atoms with Crippen LogP contribution in [0, 0.1) is 5.92 Å². The highest BCUT2D eigenvalue weighted by atomic mass is 16.5. The maximum Gasteiger partial charge on any atom is 0.198 e. The van der Waals surface area contributed by atoms with Crippen LogP contribution in [-0.2, 0) is 14.2 Å². The maximum atomic E-state index is 5.53. The van der Waals surface area contributed by atoms with Gasteiger partial charge in [0.05, 0.1) is 20.8 Å². The minimum Gasteiger partial charge on any atom is -0.494 e. The zero-order valence-corrected chi connectivity index (χ0v) is 8.00. The van der Waals surface area contributed by atoms with Gasteiger partial charge >= 0.3 is 0 Å². The van der Waals surface area contributed by atoms with Gasteiger partial charge in [-0.15, -0.1) is 0 Å². The van der Waals surface area contributed by atoms with E-state index in [-0.39, 0.29) is 0 Å². The summed E-state index contributed by atoms with van der Waals surface area (Å²) in [5, 5.41) is 0. The zero-order valence-electron chi connectivity index (χ0n) is 8.00. The third-order valence-electron chi connectivity index (χ3n) is 2.55. The van der Waals surface area contributed by atoms with Gasteiger partial charge in [-0.05, 0) is 18.9 Å². The van der Waals surface area contributed by atoms with Gasteiger partial charge in [-0.3, -0.25) is 0 Å². The molecule has 0 aromatic rings. The van der Waals surface area contributed by atoms with Gasteiger partial charge in [-0.2, -0.15) is 0 Å². The smallest absolute Gasteiger partial charge is 0.198 e. The van der Waals surface area contributed by atoms with Crippen molar-refractivity contribution in [1.82, 2.24) is 0 Å². The summed E-state index contributed by atoms with van der Waals surface area (Å²) < 4.78 is 16.0. The Hall–Kier alpha value is -1.12. The molecule has 0 radical (unpaired) electrons. The average molecular weight is 182 g/mol. The lowest BCUT2D eigenvalue weighted by Crippen LogP contribution is -2.10. The van der Waals surface area contributed by atoms with E-state index in [1.54, 1.807) is 14.2 Å². The molecule has 1 aliphatic carbocycles. The van der Waals surface area contributed by atoms with Crippen molar-refractivity contribution in [2.45, 2.75) is 12.8 Å². The van der Waals surface area contributed by atoms with Crippen LogP contribution in [0.2, 0.25) is 0 Å². The molecule has 0 saturated carbocycles. The molecule has 1 heterocycles. The molecule has 1 saturated heterocycles. The third kappa shape index (κ3) is 1.28. The van der Waals surface area contributed by atoms with Gasteiger partial charge in [0.1, 0.15) is 5.76 Å². The Balaban J connectivity index is 2.32. The first-order valence-electron chi connectivity index (χ1n) is 4.52. The molecule has 2 aliphatic rings. The van der Waals surface area contributed by atoms with Gasteiger partial charge in [0.15, 0.2) is 11.5 Å². The molecule has 0 aromatic heterocycles. The molecule has 1 atom stereocenters. The lowest BCUT2D eigenvalue weighted by molar-refractivity contribution is 0.171. The summed E-state index contributed by atoms with van der Waals surface area (Å²) in [6.45, 7) is 0.803. The molecular weight excluding hydrogens is 168 g/mol. The number of allylic oxidation sites excluding steroid dienone is 2. The number of methoxy groups -OCH3 is 2. The van der Waals surface area contributed by atoms with Crippen molar-refractivity contribution in [2.75, 3.05) is 20.8 Å².